The summed E-state index contributed by atoms with van der Waals surface area (Å²) in [6.07, 6.45) is 7.86. The molecule has 0 aliphatic carbocycles. The lowest BCUT2D eigenvalue weighted by atomic mass is 9.98. The Balaban J connectivity index is 1.08. The number of hydrogen-bond donors (Lipinski definition) is 0. The van der Waals surface area contributed by atoms with Crippen LogP contribution in [0.25, 0.3) is 11.3 Å². The Bertz CT molecular complexity index is 1420. The second-order valence-electron chi connectivity index (χ2n) is 9.87. The zero-order valence-electron chi connectivity index (χ0n) is 21.6. The Morgan fingerprint density at radius 1 is 1.11 bits per heavy atom. The summed E-state index contributed by atoms with van der Waals surface area (Å²) in [7, 11) is 3.47. The molecule has 10 nitrogen and oxygen atoms in total. The third-order valence-electron chi connectivity index (χ3n) is 7.28. The number of fused-ring (bicyclic) bond motifs is 2. The van der Waals surface area contributed by atoms with Crippen LogP contribution in [0, 0.1) is 6.92 Å². The monoisotopic (exact) mass is 531 g/mol. The van der Waals surface area contributed by atoms with Gasteiger partial charge in [-0.05, 0) is 31.9 Å². The molecule has 0 N–H and O–H groups in total. The van der Waals surface area contributed by atoms with Crippen LogP contribution in [-0.2, 0) is 13.5 Å². The molecule has 3 atom stereocenters. The van der Waals surface area contributed by atoms with Gasteiger partial charge in [0.15, 0.2) is 0 Å². The summed E-state index contributed by atoms with van der Waals surface area (Å²) in [4.78, 5) is 24.9. The van der Waals surface area contributed by atoms with Gasteiger partial charge in [-0.1, -0.05) is 0 Å². The first-order valence-electron chi connectivity index (χ1n) is 12.7. The maximum atomic E-state index is 13.5. The van der Waals surface area contributed by atoms with E-state index in [0.29, 0.717) is 23.7 Å². The van der Waals surface area contributed by atoms with Crippen LogP contribution in [0.1, 0.15) is 52.4 Å². The Morgan fingerprint density at radius 3 is 2.50 bits per heavy atom. The van der Waals surface area contributed by atoms with Crippen LogP contribution in [0.2, 0.25) is 0 Å². The zero-order chi connectivity index (χ0) is 26.2. The molecule has 4 aromatic heterocycles. The molecule has 196 valence electrons. The van der Waals surface area contributed by atoms with E-state index in [1.165, 1.54) is 0 Å². The predicted octanol–water partition coefficient (Wildman–Crippen LogP) is 3.85. The average Bonchev–Trinajstić information content (AvgIpc) is 3.59. The summed E-state index contributed by atoms with van der Waals surface area (Å²) < 4.78 is 13.0. The molecule has 0 saturated carbocycles. The molecule has 0 radical (unpaired) electrons. The highest BCUT2D eigenvalue weighted by molar-refractivity contribution is 7.10. The van der Waals surface area contributed by atoms with Crippen molar-refractivity contribution in [2.75, 3.05) is 7.11 Å². The molecule has 4 aromatic rings. The van der Waals surface area contributed by atoms with Gasteiger partial charge in [-0.3, -0.25) is 14.5 Å². The van der Waals surface area contributed by atoms with E-state index in [0.717, 1.165) is 53.3 Å². The number of rotatable bonds is 7. The van der Waals surface area contributed by atoms with Crippen molar-refractivity contribution >= 4 is 17.2 Å². The SMILES string of the molecule is COc1ccc(OC2C[C@H]3CC[C@@H](C2)N3C(=O)c2ccc(Cc3nc(-c4cn(C)nc4C)cs3)nc2)nn1. The average molecular weight is 532 g/mol. The number of pyridine rings is 1. The van der Waals surface area contributed by atoms with Crippen molar-refractivity contribution in [3.8, 4) is 23.0 Å². The first kappa shape index (κ1) is 24.5. The van der Waals surface area contributed by atoms with E-state index in [2.05, 4.69) is 25.7 Å². The smallest absolute Gasteiger partial charge is 0.255 e. The first-order chi connectivity index (χ1) is 18.5. The van der Waals surface area contributed by atoms with Gasteiger partial charge in [-0.2, -0.15) is 5.10 Å². The minimum Gasteiger partial charge on any atom is -0.480 e. The molecule has 1 amide bonds. The highest BCUT2D eigenvalue weighted by Crippen LogP contribution is 2.38. The maximum Gasteiger partial charge on any atom is 0.255 e. The Hall–Kier alpha value is -3.86. The standard InChI is InChI=1S/C27H29N7O3S/c1-16-22(14-33(2)32-16)23-15-38-26(29-23)10-18-5-4-17(13-28-18)27(35)34-19-6-7-20(34)12-21(11-19)37-25-9-8-24(36-3)30-31-25/h4-5,8-9,13-15,19-21H,6-7,10-12H2,1-3H3/t19-,20+,21?. The molecular formula is C27H29N7O3S. The van der Waals surface area contributed by atoms with E-state index in [4.69, 9.17) is 14.5 Å². The lowest BCUT2D eigenvalue weighted by Gasteiger charge is -2.38. The van der Waals surface area contributed by atoms with Gasteiger partial charge in [-0.15, -0.1) is 21.5 Å². The second-order valence-corrected chi connectivity index (χ2v) is 10.8. The van der Waals surface area contributed by atoms with Crippen LogP contribution in [0.3, 0.4) is 0 Å². The normalized spacial score (nSPS) is 20.5. The van der Waals surface area contributed by atoms with Gasteiger partial charge in [0.2, 0.25) is 11.8 Å². The molecule has 6 heterocycles. The molecular weight excluding hydrogens is 502 g/mol. The number of piperidine rings is 1. The molecule has 2 saturated heterocycles. The van der Waals surface area contributed by atoms with Crippen LogP contribution in [0.4, 0.5) is 0 Å². The molecule has 2 bridgehead atoms. The Labute approximate surface area is 224 Å². The van der Waals surface area contributed by atoms with Gasteiger partial charge in [-0.25, -0.2) is 4.98 Å². The fourth-order valence-electron chi connectivity index (χ4n) is 5.53. The van der Waals surface area contributed by atoms with E-state index in [1.54, 1.807) is 41.5 Å². The lowest BCUT2D eigenvalue weighted by Crippen LogP contribution is -2.49. The van der Waals surface area contributed by atoms with Gasteiger partial charge in [0.25, 0.3) is 5.91 Å². The molecule has 0 aromatic carbocycles. The fourth-order valence-corrected chi connectivity index (χ4v) is 6.34. The van der Waals surface area contributed by atoms with Crippen LogP contribution in [0.5, 0.6) is 11.8 Å². The van der Waals surface area contributed by atoms with Crippen molar-refractivity contribution in [1.82, 2.24) is 34.8 Å². The Morgan fingerprint density at radius 2 is 1.87 bits per heavy atom. The predicted molar refractivity (Wildman–Crippen MR) is 141 cm³/mol. The summed E-state index contributed by atoms with van der Waals surface area (Å²) in [6.45, 7) is 1.99. The van der Waals surface area contributed by atoms with Crippen molar-refractivity contribution in [1.29, 1.82) is 0 Å². The van der Waals surface area contributed by atoms with Gasteiger partial charge in [0, 0.05) is 79.6 Å². The van der Waals surface area contributed by atoms with E-state index >= 15 is 0 Å². The van der Waals surface area contributed by atoms with Crippen LogP contribution < -0.4 is 9.47 Å². The van der Waals surface area contributed by atoms with Gasteiger partial charge < -0.3 is 14.4 Å². The fraction of sp³-hybridized carbons (Fsp3) is 0.407. The number of hydrogen-bond acceptors (Lipinski definition) is 9. The summed E-state index contributed by atoms with van der Waals surface area (Å²) in [5.74, 6) is 0.981. The number of carbonyl (C=O) groups is 1. The van der Waals surface area contributed by atoms with E-state index in [1.807, 2.05) is 37.2 Å². The number of thiazole rings is 1. The zero-order valence-corrected chi connectivity index (χ0v) is 22.4. The maximum absolute atomic E-state index is 13.5. The number of ether oxygens (including phenoxy) is 2. The molecule has 38 heavy (non-hydrogen) atoms. The quantitative estimate of drug-likeness (QED) is 0.354. The molecule has 1 unspecified atom stereocenters. The van der Waals surface area contributed by atoms with Crippen molar-refractivity contribution in [3.05, 3.63) is 64.0 Å². The lowest BCUT2D eigenvalue weighted by molar-refractivity contribution is 0.0344. The van der Waals surface area contributed by atoms with Crippen molar-refractivity contribution in [2.45, 2.75) is 57.2 Å². The second kappa shape index (κ2) is 10.1. The van der Waals surface area contributed by atoms with Gasteiger partial charge in [0.1, 0.15) is 6.10 Å². The largest absolute Gasteiger partial charge is 0.480 e. The highest BCUT2D eigenvalue weighted by Gasteiger charge is 2.44. The Kier molecular flexibility index (Phi) is 6.52. The summed E-state index contributed by atoms with van der Waals surface area (Å²) >= 11 is 1.61. The van der Waals surface area contributed by atoms with E-state index < -0.39 is 0 Å². The van der Waals surface area contributed by atoms with Crippen molar-refractivity contribution in [3.63, 3.8) is 0 Å². The number of nitrogens with zero attached hydrogens (tertiary/aromatic N) is 7. The summed E-state index contributed by atoms with van der Waals surface area (Å²) in [6, 6.07) is 7.64. The third kappa shape index (κ3) is 4.85. The van der Waals surface area contributed by atoms with Crippen LogP contribution in [-0.4, -0.2) is 66.1 Å². The number of aryl methyl sites for hydroxylation is 2. The third-order valence-corrected chi connectivity index (χ3v) is 8.13. The van der Waals surface area contributed by atoms with Crippen LogP contribution in [0.15, 0.2) is 42.0 Å². The topological polar surface area (TPSA) is 108 Å². The molecule has 0 spiro atoms. The minimum absolute atomic E-state index is 0.0124. The number of aromatic nitrogens is 6. The van der Waals surface area contributed by atoms with Gasteiger partial charge >= 0.3 is 0 Å². The molecule has 2 aliphatic rings. The summed E-state index contributed by atoms with van der Waals surface area (Å²) in [5, 5.41) is 15.5. The minimum atomic E-state index is 0.0124. The highest BCUT2D eigenvalue weighted by atomic mass is 32.1. The molecule has 2 fully saturated rings. The number of carbonyl (C=O) groups excluding carboxylic acids is 1. The number of amides is 1. The molecule has 2 aliphatic heterocycles. The van der Waals surface area contributed by atoms with Crippen LogP contribution >= 0.6 is 11.3 Å². The van der Waals surface area contributed by atoms with E-state index in [9.17, 15) is 4.79 Å². The van der Waals surface area contributed by atoms with E-state index in [-0.39, 0.29) is 24.1 Å². The van der Waals surface area contributed by atoms with Gasteiger partial charge in [0.05, 0.1) is 29.1 Å². The summed E-state index contributed by atoms with van der Waals surface area (Å²) in [5.41, 5.74) is 4.45. The molecule has 11 heteroatoms. The molecule has 6 rings (SSSR count). The van der Waals surface area contributed by atoms with Crippen molar-refractivity contribution in [2.24, 2.45) is 7.05 Å². The number of methoxy groups -OCH3 is 1. The first-order valence-corrected chi connectivity index (χ1v) is 13.6. The van der Waals surface area contributed by atoms with Crippen molar-refractivity contribution < 1.29 is 14.3 Å².